The summed E-state index contributed by atoms with van der Waals surface area (Å²) in [5.41, 5.74) is 6.04. The van der Waals surface area contributed by atoms with Crippen LogP contribution in [0.5, 0.6) is 0 Å². The Morgan fingerprint density at radius 3 is 2.48 bits per heavy atom. The molecule has 2 aromatic rings. The SMILES string of the molecule is CN1CC2(C1)CN(C(=O)C1=CN(Cc3ccc(F)cc3)NC1)CC2COCc1cccc(C2CCC(F)(F)CC2)c1C(=O)O. The molecule has 1 spiro atoms. The summed E-state index contributed by atoms with van der Waals surface area (Å²) in [5, 5.41) is 11.9. The lowest BCUT2D eigenvalue weighted by atomic mass is 9.72. The fraction of sp³-hybridized carbons (Fsp3) is 0.515. The fourth-order valence-corrected chi connectivity index (χ4v) is 7.50. The first-order valence-corrected chi connectivity index (χ1v) is 15.3. The zero-order valence-electron chi connectivity index (χ0n) is 24.9. The number of hydrogen-bond acceptors (Lipinski definition) is 6. The number of nitrogens with one attached hydrogen (secondary N) is 1. The topological polar surface area (TPSA) is 85.4 Å². The lowest BCUT2D eigenvalue weighted by Crippen LogP contribution is -2.59. The van der Waals surface area contributed by atoms with Gasteiger partial charge in [-0.25, -0.2) is 23.4 Å². The minimum Gasteiger partial charge on any atom is -0.478 e. The molecule has 1 amide bonds. The van der Waals surface area contributed by atoms with Crippen LogP contribution in [0.25, 0.3) is 0 Å². The Bertz CT molecular complexity index is 1420. The number of amides is 1. The van der Waals surface area contributed by atoms with Gasteiger partial charge >= 0.3 is 5.97 Å². The van der Waals surface area contributed by atoms with Crippen LogP contribution in [0.4, 0.5) is 13.2 Å². The van der Waals surface area contributed by atoms with E-state index >= 15 is 0 Å². The highest BCUT2D eigenvalue weighted by Gasteiger charge is 2.54. The molecule has 236 valence electrons. The van der Waals surface area contributed by atoms with E-state index in [1.54, 1.807) is 30.3 Å². The van der Waals surface area contributed by atoms with Crippen molar-refractivity contribution in [3.8, 4) is 0 Å². The Kier molecular flexibility index (Phi) is 8.47. The summed E-state index contributed by atoms with van der Waals surface area (Å²) >= 11 is 0. The number of carbonyl (C=O) groups is 2. The van der Waals surface area contributed by atoms with Gasteiger partial charge in [0.2, 0.25) is 5.92 Å². The smallest absolute Gasteiger partial charge is 0.336 e. The summed E-state index contributed by atoms with van der Waals surface area (Å²) in [7, 11) is 2.05. The first-order valence-electron chi connectivity index (χ1n) is 15.3. The molecule has 11 heteroatoms. The number of hydrogen-bond donors (Lipinski definition) is 2. The monoisotopic (exact) mass is 612 g/mol. The van der Waals surface area contributed by atoms with Gasteiger partial charge in [-0.1, -0.05) is 30.3 Å². The number of hydrazine groups is 1. The molecule has 3 heterocycles. The fourth-order valence-electron chi connectivity index (χ4n) is 7.50. The number of benzene rings is 2. The second kappa shape index (κ2) is 12.2. The molecule has 1 atom stereocenters. The third kappa shape index (κ3) is 6.36. The summed E-state index contributed by atoms with van der Waals surface area (Å²) < 4.78 is 47.0. The van der Waals surface area contributed by atoms with Crippen molar-refractivity contribution in [3.05, 3.63) is 82.3 Å². The van der Waals surface area contributed by atoms with Crippen LogP contribution in [0, 0.1) is 17.2 Å². The lowest BCUT2D eigenvalue weighted by Gasteiger charge is -2.49. The highest BCUT2D eigenvalue weighted by Crippen LogP contribution is 2.45. The summed E-state index contributed by atoms with van der Waals surface area (Å²) in [6.07, 6.45) is 1.88. The van der Waals surface area contributed by atoms with Gasteiger partial charge in [-0.05, 0) is 54.6 Å². The molecule has 2 aromatic carbocycles. The number of aromatic carboxylic acids is 1. The van der Waals surface area contributed by atoms with E-state index < -0.39 is 11.9 Å². The van der Waals surface area contributed by atoms with Crippen molar-refractivity contribution >= 4 is 11.9 Å². The molecule has 0 aromatic heterocycles. The highest BCUT2D eigenvalue weighted by atomic mass is 19.3. The van der Waals surface area contributed by atoms with E-state index in [4.69, 9.17) is 4.74 Å². The summed E-state index contributed by atoms with van der Waals surface area (Å²) in [6, 6.07) is 11.5. The number of nitrogens with zero attached hydrogens (tertiary/aromatic N) is 3. The van der Waals surface area contributed by atoms with Gasteiger partial charge in [0.1, 0.15) is 5.82 Å². The number of rotatable bonds is 9. The van der Waals surface area contributed by atoms with E-state index in [-0.39, 0.29) is 66.8 Å². The van der Waals surface area contributed by atoms with Crippen LogP contribution in [0.15, 0.2) is 54.2 Å². The van der Waals surface area contributed by atoms with Crippen molar-refractivity contribution in [1.29, 1.82) is 0 Å². The predicted molar refractivity (Wildman–Crippen MR) is 157 cm³/mol. The standard InChI is InChI=1S/C33H39F3N4O4/c1-38-19-32(20-38)21-39(30(41)25-13-37-40(15-25)14-22-5-7-27(34)8-6-22)16-26(32)18-44-17-24-3-2-4-28(29(24)31(42)43)23-9-11-33(35,36)12-10-23/h2-8,15,23,26,37H,9-14,16-21H2,1H3,(H,42,43). The van der Waals surface area contributed by atoms with Crippen molar-refractivity contribution in [2.24, 2.45) is 11.3 Å². The molecule has 2 saturated heterocycles. The molecule has 3 fully saturated rings. The third-order valence-corrected chi connectivity index (χ3v) is 9.72. The molecule has 2 N–H and O–H groups in total. The normalized spacial score (nSPS) is 23.2. The first-order chi connectivity index (χ1) is 21.0. The molecule has 3 aliphatic heterocycles. The lowest BCUT2D eigenvalue weighted by molar-refractivity contribution is -0.127. The Morgan fingerprint density at radius 2 is 1.80 bits per heavy atom. The maximum absolute atomic E-state index is 13.8. The van der Waals surface area contributed by atoms with Crippen LogP contribution >= 0.6 is 0 Å². The molecule has 1 unspecified atom stereocenters. The van der Waals surface area contributed by atoms with Crippen LogP contribution in [0.3, 0.4) is 0 Å². The van der Waals surface area contributed by atoms with Crippen LogP contribution in [-0.2, 0) is 22.7 Å². The second-order valence-corrected chi connectivity index (χ2v) is 13.0. The van der Waals surface area contributed by atoms with Crippen molar-refractivity contribution in [3.63, 3.8) is 0 Å². The van der Waals surface area contributed by atoms with Gasteiger partial charge in [0.15, 0.2) is 0 Å². The van der Waals surface area contributed by atoms with Crippen LogP contribution in [0.2, 0.25) is 0 Å². The van der Waals surface area contributed by atoms with Gasteiger partial charge < -0.3 is 24.7 Å². The zero-order chi connectivity index (χ0) is 31.1. The van der Waals surface area contributed by atoms with Crippen molar-refractivity contribution in [2.45, 2.75) is 50.7 Å². The molecule has 0 bridgehead atoms. The van der Waals surface area contributed by atoms with Crippen LogP contribution in [0.1, 0.15) is 58.6 Å². The quantitative estimate of drug-likeness (QED) is 0.427. The Labute approximate surface area is 255 Å². The molecule has 6 rings (SSSR count). The van der Waals surface area contributed by atoms with Gasteiger partial charge in [-0.2, -0.15) is 0 Å². The summed E-state index contributed by atoms with van der Waals surface area (Å²) in [6.45, 7) is 4.27. The van der Waals surface area contributed by atoms with Gasteiger partial charge in [-0.3, -0.25) is 4.79 Å². The zero-order valence-corrected chi connectivity index (χ0v) is 24.9. The molecule has 0 radical (unpaired) electrons. The third-order valence-electron chi connectivity index (χ3n) is 9.72. The molecule has 1 saturated carbocycles. The van der Waals surface area contributed by atoms with Gasteiger partial charge in [0, 0.05) is 63.1 Å². The van der Waals surface area contributed by atoms with Crippen molar-refractivity contribution in [2.75, 3.05) is 46.4 Å². The van der Waals surface area contributed by atoms with E-state index in [1.165, 1.54) is 12.1 Å². The number of halogens is 3. The first kappa shape index (κ1) is 30.6. The number of alkyl halides is 2. The minimum absolute atomic E-state index is 0.0190. The average molecular weight is 613 g/mol. The average Bonchev–Trinajstić information content (AvgIpc) is 3.59. The number of carbonyl (C=O) groups excluding carboxylic acids is 1. The van der Waals surface area contributed by atoms with Gasteiger partial charge in [-0.15, -0.1) is 0 Å². The summed E-state index contributed by atoms with van der Waals surface area (Å²) in [5.74, 6) is -4.19. The molecule has 44 heavy (non-hydrogen) atoms. The number of likely N-dealkylation sites (tertiary alicyclic amines) is 2. The summed E-state index contributed by atoms with van der Waals surface area (Å²) in [4.78, 5) is 30.0. The van der Waals surface area contributed by atoms with Crippen molar-refractivity contribution < 1.29 is 32.6 Å². The van der Waals surface area contributed by atoms with E-state index in [2.05, 4.69) is 17.4 Å². The van der Waals surface area contributed by atoms with Crippen LogP contribution in [-0.4, -0.2) is 84.1 Å². The van der Waals surface area contributed by atoms with E-state index in [1.807, 2.05) is 16.1 Å². The Hall–Kier alpha value is -3.41. The minimum atomic E-state index is -2.68. The van der Waals surface area contributed by atoms with Gasteiger partial charge in [0.05, 0.1) is 30.9 Å². The molecule has 1 aliphatic carbocycles. The molecular formula is C33H39F3N4O4. The van der Waals surface area contributed by atoms with Gasteiger partial charge in [0.25, 0.3) is 5.91 Å². The second-order valence-electron chi connectivity index (χ2n) is 13.0. The molecular weight excluding hydrogens is 573 g/mol. The number of ether oxygens (including phenoxy) is 1. The van der Waals surface area contributed by atoms with Crippen molar-refractivity contribution in [1.82, 2.24) is 20.2 Å². The number of carboxylic acids is 1. The Balaban J connectivity index is 1.09. The van der Waals surface area contributed by atoms with E-state index in [0.717, 1.165) is 18.7 Å². The predicted octanol–water partition coefficient (Wildman–Crippen LogP) is 4.63. The largest absolute Gasteiger partial charge is 0.478 e. The number of carboxylic acid groups (broad SMARTS) is 1. The van der Waals surface area contributed by atoms with Crippen LogP contribution < -0.4 is 5.43 Å². The maximum Gasteiger partial charge on any atom is 0.336 e. The highest BCUT2D eigenvalue weighted by molar-refractivity contribution is 5.94. The van der Waals surface area contributed by atoms with E-state index in [0.29, 0.717) is 49.5 Å². The molecule has 4 aliphatic rings. The Morgan fingerprint density at radius 1 is 1.07 bits per heavy atom. The van der Waals surface area contributed by atoms with E-state index in [9.17, 15) is 27.9 Å². The molecule has 8 nitrogen and oxygen atoms in total. The maximum atomic E-state index is 13.8.